The number of aliphatic carboxylic acids is 1. The Bertz CT molecular complexity index is 236. The van der Waals surface area contributed by atoms with Gasteiger partial charge in [0.05, 0.1) is 12.5 Å². The second kappa shape index (κ2) is 5.92. The van der Waals surface area contributed by atoms with Crippen molar-refractivity contribution < 1.29 is 24.6 Å². The van der Waals surface area contributed by atoms with E-state index in [1.54, 1.807) is 0 Å². The standard InChI is InChI=1S/C5H8N2O3.C2H4O2/c8-2-3-1-6-5(10)7-4(3)9;1-2(3)4/h3,8H,1-2H2,(H2,6,7,9,10);1H3,(H,3,4). The Kier molecular flexibility index (Phi) is 5.23. The molecular formula is C7H12N2O5. The molecule has 0 aliphatic carbocycles. The number of carboxylic acids is 1. The van der Waals surface area contributed by atoms with Crippen LogP contribution in [0.25, 0.3) is 0 Å². The Hall–Kier alpha value is -1.63. The second-order valence-electron chi connectivity index (χ2n) is 2.60. The van der Waals surface area contributed by atoms with Crippen molar-refractivity contribution in [1.29, 1.82) is 0 Å². The molecule has 0 aromatic carbocycles. The zero-order chi connectivity index (χ0) is 11.1. The van der Waals surface area contributed by atoms with Crippen LogP contribution in [0.15, 0.2) is 0 Å². The summed E-state index contributed by atoms with van der Waals surface area (Å²) < 4.78 is 0. The fourth-order valence-corrected chi connectivity index (χ4v) is 0.714. The Morgan fingerprint density at radius 2 is 2.07 bits per heavy atom. The average Bonchev–Trinajstić information content (AvgIpc) is 2.03. The first-order valence-electron chi connectivity index (χ1n) is 3.86. The molecule has 0 bridgehead atoms. The molecule has 7 heteroatoms. The highest BCUT2D eigenvalue weighted by Crippen LogP contribution is 1.96. The molecule has 1 rings (SSSR count). The van der Waals surface area contributed by atoms with E-state index in [1.165, 1.54) is 0 Å². The van der Waals surface area contributed by atoms with E-state index >= 15 is 0 Å². The number of hydrogen-bond donors (Lipinski definition) is 4. The van der Waals surface area contributed by atoms with Crippen LogP contribution in [-0.4, -0.2) is 41.3 Å². The molecule has 1 aliphatic rings. The highest BCUT2D eigenvalue weighted by Gasteiger charge is 2.24. The molecule has 0 aromatic heterocycles. The third-order valence-corrected chi connectivity index (χ3v) is 1.34. The maximum Gasteiger partial charge on any atom is 0.321 e. The first kappa shape index (κ1) is 12.4. The molecule has 1 aliphatic heterocycles. The number of rotatable bonds is 1. The van der Waals surface area contributed by atoms with Crippen LogP contribution in [0.5, 0.6) is 0 Å². The molecule has 1 atom stereocenters. The van der Waals surface area contributed by atoms with E-state index in [1.807, 2.05) is 5.32 Å². The number of aliphatic hydroxyl groups excluding tert-OH is 1. The number of imide groups is 1. The van der Waals surface area contributed by atoms with Gasteiger partial charge >= 0.3 is 6.03 Å². The molecule has 7 nitrogen and oxygen atoms in total. The van der Waals surface area contributed by atoms with E-state index in [9.17, 15) is 9.59 Å². The largest absolute Gasteiger partial charge is 0.481 e. The van der Waals surface area contributed by atoms with E-state index in [0.29, 0.717) is 0 Å². The summed E-state index contributed by atoms with van der Waals surface area (Å²) in [5.41, 5.74) is 0. The summed E-state index contributed by atoms with van der Waals surface area (Å²) in [6.45, 7) is 1.08. The summed E-state index contributed by atoms with van der Waals surface area (Å²) in [4.78, 5) is 30.1. The predicted molar refractivity (Wildman–Crippen MR) is 45.4 cm³/mol. The molecule has 0 spiro atoms. The molecule has 1 saturated heterocycles. The van der Waals surface area contributed by atoms with Gasteiger partial charge in [0.2, 0.25) is 5.91 Å². The Labute approximate surface area is 80.1 Å². The van der Waals surface area contributed by atoms with Gasteiger partial charge in [-0.25, -0.2) is 4.79 Å². The van der Waals surface area contributed by atoms with Gasteiger partial charge < -0.3 is 15.5 Å². The maximum atomic E-state index is 10.7. The number of nitrogens with one attached hydrogen (secondary N) is 2. The number of aliphatic hydroxyl groups is 1. The van der Waals surface area contributed by atoms with E-state index in [-0.39, 0.29) is 13.2 Å². The van der Waals surface area contributed by atoms with Gasteiger partial charge in [0.25, 0.3) is 5.97 Å². The van der Waals surface area contributed by atoms with Crippen molar-refractivity contribution in [3.63, 3.8) is 0 Å². The van der Waals surface area contributed by atoms with Gasteiger partial charge in [-0.15, -0.1) is 0 Å². The first-order valence-corrected chi connectivity index (χ1v) is 3.86. The van der Waals surface area contributed by atoms with Gasteiger partial charge in [0.1, 0.15) is 0 Å². The quantitative estimate of drug-likeness (QED) is 0.416. The van der Waals surface area contributed by atoms with Crippen LogP contribution in [0.4, 0.5) is 4.79 Å². The van der Waals surface area contributed by atoms with E-state index in [0.717, 1.165) is 6.92 Å². The summed E-state index contributed by atoms with van der Waals surface area (Å²) in [5, 5.41) is 20.4. The summed E-state index contributed by atoms with van der Waals surface area (Å²) in [6, 6.07) is -0.491. The summed E-state index contributed by atoms with van der Waals surface area (Å²) in [6.07, 6.45) is 0. The molecule has 4 N–H and O–H groups in total. The van der Waals surface area contributed by atoms with Crippen molar-refractivity contribution in [2.45, 2.75) is 6.92 Å². The maximum absolute atomic E-state index is 10.7. The van der Waals surface area contributed by atoms with Gasteiger partial charge in [-0.1, -0.05) is 0 Å². The van der Waals surface area contributed by atoms with Crippen LogP contribution < -0.4 is 10.6 Å². The Balaban J connectivity index is 0.000000364. The molecule has 1 fully saturated rings. The fourth-order valence-electron chi connectivity index (χ4n) is 0.714. The number of hydrogen-bond acceptors (Lipinski definition) is 4. The number of carboxylic acid groups (broad SMARTS) is 1. The Morgan fingerprint density at radius 1 is 1.57 bits per heavy atom. The van der Waals surface area contributed by atoms with E-state index < -0.39 is 23.8 Å². The lowest BCUT2D eigenvalue weighted by Gasteiger charge is -2.19. The predicted octanol–water partition coefficient (Wildman–Crippen LogP) is -1.47. The highest BCUT2D eigenvalue weighted by atomic mass is 16.4. The van der Waals surface area contributed by atoms with Gasteiger partial charge in [-0.2, -0.15) is 0 Å². The van der Waals surface area contributed by atoms with Crippen molar-refractivity contribution >= 4 is 17.9 Å². The van der Waals surface area contributed by atoms with Crippen molar-refractivity contribution in [2.24, 2.45) is 5.92 Å². The van der Waals surface area contributed by atoms with Crippen molar-refractivity contribution in [3.8, 4) is 0 Å². The molecule has 3 amide bonds. The molecule has 0 saturated carbocycles. The van der Waals surface area contributed by atoms with Crippen molar-refractivity contribution in [1.82, 2.24) is 10.6 Å². The zero-order valence-corrected chi connectivity index (χ0v) is 7.61. The number of urea groups is 1. The van der Waals surface area contributed by atoms with Gasteiger partial charge in [-0.3, -0.25) is 14.9 Å². The molecule has 14 heavy (non-hydrogen) atoms. The first-order chi connectivity index (χ1) is 6.47. The lowest BCUT2D eigenvalue weighted by Crippen LogP contribution is -2.53. The SMILES string of the molecule is CC(=O)O.O=C1NCC(CO)C(=O)N1. The van der Waals surface area contributed by atoms with Crippen LogP contribution in [0.1, 0.15) is 6.92 Å². The minimum atomic E-state index is -0.833. The van der Waals surface area contributed by atoms with Gasteiger partial charge in [0.15, 0.2) is 0 Å². The molecule has 0 radical (unpaired) electrons. The zero-order valence-electron chi connectivity index (χ0n) is 7.61. The minimum absolute atomic E-state index is 0.223. The van der Waals surface area contributed by atoms with Crippen molar-refractivity contribution in [3.05, 3.63) is 0 Å². The third-order valence-electron chi connectivity index (χ3n) is 1.34. The molecule has 0 aromatic rings. The van der Waals surface area contributed by atoms with Crippen LogP contribution >= 0.6 is 0 Å². The minimum Gasteiger partial charge on any atom is -0.481 e. The number of carbonyl (C=O) groups excluding carboxylic acids is 2. The Morgan fingerprint density at radius 3 is 2.43 bits per heavy atom. The highest BCUT2D eigenvalue weighted by molar-refractivity contribution is 5.97. The van der Waals surface area contributed by atoms with Crippen LogP contribution in [0, 0.1) is 5.92 Å². The van der Waals surface area contributed by atoms with Crippen LogP contribution in [0.3, 0.4) is 0 Å². The monoisotopic (exact) mass is 204 g/mol. The second-order valence-corrected chi connectivity index (χ2v) is 2.60. The number of carbonyl (C=O) groups is 3. The van der Waals surface area contributed by atoms with Gasteiger partial charge in [0, 0.05) is 13.5 Å². The molecular weight excluding hydrogens is 192 g/mol. The smallest absolute Gasteiger partial charge is 0.321 e. The lowest BCUT2D eigenvalue weighted by molar-refractivity contribution is -0.134. The van der Waals surface area contributed by atoms with Crippen LogP contribution in [0.2, 0.25) is 0 Å². The van der Waals surface area contributed by atoms with Crippen LogP contribution in [-0.2, 0) is 9.59 Å². The van der Waals surface area contributed by atoms with Crippen molar-refractivity contribution in [2.75, 3.05) is 13.2 Å². The summed E-state index contributed by atoms with van der Waals surface area (Å²) >= 11 is 0. The third kappa shape index (κ3) is 5.09. The molecule has 80 valence electrons. The number of amides is 3. The summed E-state index contributed by atoms with van der Waals surface area (Å²) in [5.74, 6) is -1.73. The molecule has 1 unspecified atom stereocenters. The summed E-state index contributed by atoms with van der Waals surface area (Å²) in [7, 11) is 0. The van der Waals surface area contributed by atoms with Gasteiger partial charge in [-0.05, 0) is 0 Å². The molecule has 1 heterocycles. The fraction of sp³-hybridized carbons (Fsp3) is 0.571. The average molecular weight is 204 g/mol. The van der Waals surface area contributed by atoms with E-state index in [2.05, 4.69) is 5.32 Å². The van der Waals surface area contributed by atoms with E-state index in [4.69, 9.17) is 15.0 Å². The lowest BCUT2D eigenvalue weighted by atomic mass is 10.1. The normalized spacial score (nSPS) is 20.0. The topological polar surface area (TPSA) is 116 Å².